The van der Waals surface area contributed by atoms with Crippen LogP contribution in [-0.4, -0.2) is 46.2 Å². The average molecular weight is 344 g/mol. The van der Waals surface area contributed by atoms with E-state index in [1.54, 1.807) is 19.2 Å². The molecule has 0 N–H and O–H groups in total. The molecular formula is C14H15F3N4O3. The molecule has 0 amide bonds. The van der Waals surface area contributed by atoms with Gasteiger partial charge in [-0.1, -0.05) is 12.1 Å². The third-order valence-electron chi connectivity index (χ3n) is 2.90. The van der Waals surface area contributed by atoms with Crippen molar-refractivity contribution >= 4 is 5.97 Å². The lowest BCUT2D eigenvalue weighted by Crippen LogP contribution is -2.22. The van der Waals surface area contributed by atoms with Gasteiger partial charge < -0.3 is 9.47 Å². The average Bonchev–Trinajstić information content (AvgIpc) is 2.95. The molecule has 0 aliphatic heterocycles. The normalized spacial score (nSPS) is 11.6. The fraction of sp³-hybridized carbons (Fsp3) is 0.357. The number of hydrogen-bond donors (Lipinski definition) is 0. The van der Waals surface area contributed by atoms with E-state index in [1.165, 1.54) is 30.3 Å². The van der Waals surface area contributed by atoms with Crippen LogP contribution in [0, 0.1) is 0 Å². The van der Waals surface area contributed by atoms with Gasteiger partial charge in [0.2, 0.25) is 0 Å². The number of nitrogens with zero attached hydrogens (tertiary/aromatic N) is 4. The first kappa shape index (κ1) is 17.7. The van der Waals surface area contributed by atoms with Crippen molar-refractivity contribution in [2.75, 3.05) is 14.2 Å². The van der Waals surface area contributed by atoms with Gasteiger partial charge in [0.05, 0.1) is 13.8 Å². The molecule has 0 radical (unpaired) electrons. The number of alkyl halides is 3. The van der Waals surface area contributed by atoms with Gasteiger partial charge >= 0.3 is 12.3 Å². The molecule has 0 aliphatic rings. The van der Waals surface area contributed by atoms with Crippen LogP contribution >= 0.6 is 0 Å². The third kappa shape index (κ3) is 5.23. The molecule has 0 fully saturated rings. The van der Waals surface area contributed by atoms with Crippen LogP contribution in [0.1, 0.15) is 16.2 Å². The molecule has 1 heterocycles. The smallest absolute Gasteiger partial charge is 0.463 e. The number of ether oxygens (including phenoxy) is 2. The Morgan fingerprint density at radius 3 is 2.54 bits per heavy atom. The van der Waals surface area contributed by atoms with Crippen molar-refractivity contribution < 1.29 is 27.4 Å². The second kappa shape index (κ2) is 7.30. The summed E-state index contributed by atoms with van der Waals surface area (Å²) in [4.78, 5) is 16.9. The molecule has 10 heteroatoms. The van der Waals surface area contributed by atoms with E-state index in [4.69, 9.17) is 0 Å². The number of rotatable bonds is 6. The van der Waals surface area contributed by atoms with Crippen molar-refractivity contribution in [2.45, 2.75) is 19.6 Å². The van der Waals surface area contributed by atoms with Crippen molar-refractivity contribution in [3.63, 3.8) is 0 Å². The first-order valence-corrected chi connectivity index (χ1v) is 6.78. The highest BCUT2D eigenvalue weighted by atomic mass is 19.4. The Hall–Kier alpha value is -2.62. The molecule has 0 atom stereocenters. The molecular weight excluding hydrogens is 329 g/mol. The predicted octanol–water partition coefficient (Wildman–Crippen LogP) is 2.05. The third-order valence-corrected chi connectivity index (χ3v) is 2.90. The maximum atomic E-state index is 12.1. The van der Waals surface area contributed by atoms with Gasteiger partial charge in [0.1, 0.15) is 12.1 Å². The lowest BCUT2D eigenvalue weighted by Gasteiger charge is -2.16. The molecule has 1 aromatic heterocycles. The molecule has 0 spiro atoms. The molecule has 24 heavy (non-hydrogen) atoms. The van der Waals surface area contributed by atoms with Gasteiger partial charge in [-0.3, -0.25) is 4.90 Å². The second-order valence-electron chi connectivity index (χ2n) is 4.95. The van der Waals surface area contributed by atoms with Gasteiger partial charge in [-0.15, -0.1) is 18.3 Å². The number of carbonyl (C=O) groups is 1. The van der Waals surface area contributed by atoms with Crippen molar-refractivity contribution in [2.24, 2.45) is 0 Å². The van der Waals surface area contributed by atoms with Crippen LogP contribution < -0.4 is 4.74 Å². The Morgan fingerprint density at radius 2 is 1.96 bits per heavy atom. The summed E-state index contributed by atoms with van der Waals surface area (Å²) in [6.07, 6.45) is -3.31. The van der Waals surface area contributed by atoms with Crippen LogP contribution in [0.15, 0.2) is 30.6 Å². The van der Waals surface area contributed by atoms with Gasteiger partial charge in [0.15, 0.2) is 0 Å². The number of methoxy groups -OCH3 is 1. The summed E-state index contributed by atoms with van der Waals surface area (Å²) in [6, 6.07) is 5.58. The topological polar surface area (TPSA) is 69.5 Å². The van der Waals surface area contributed by atoms with E-state index >= 15 is 0 Å². The van der Waals surface area contributed by atoms with Crippen LogP contribution in [0.4, 0.5) is 13.2 Å². The largest absolute Gasteiger partial charge is 0.573 e. The van der Waals surface area contributed by atoms with Crippen LogP contribution in [0.5, 0.6) is 5.75 Å². The van der Waals surface area contributed by atoms with Gasteiger partial charge in [0.25, 0.3) is 5.82 Å². The van der Waals surface area contributed by atoms with E-state index in [1.807, 2.05) is 4.90 Å². The Balaban J connectivity index is 1.91. The Labute approximate surface area is 135 Å². The number of benzene rings is 1. The summed E-state index contributed by atoms with van der Waals surface area (Å²) in [7, 11) is 3.03. The molecule has 1 aromatic carbocycles. The maximum absolute atomic E-state index is 12.1. The summed E-state index contributed by atoms with van der Waals surface area (Å²) in [5.41, 5.74) is 0.792. The first-order chi connectivity index (χ1) is 11.3. The van der Waals surface area contributed by atoms with E-state index in [0.29, 0.717) is 13.2 Å². The number of esters is 1. The van der Waals surface area contributed by atoms with Crippen LogP contribution in [0.25, 0.3) is 0 Å². The fourth-order valence-corrected chi connectivity index (χ4v) is 1.95. The summed E-state index contributed by atoms with van der Waals surface area (Å²) < 4.78 is 46.1. The molecule has 0 aliphatic carbocycles. The Bertz CT molecular complexity index is 685. The number of aromatic nitrogens is 3. The molecule has 7 nitrogen and oxygen atoms in total. The van der Waals surface area contributed by atoms with Crippen LogP contribution in [0.2, 0.25) is 0 Å². The van der Waals surface area contributed by atoms with Crippen LogP contribution in [-0.2, 0) is 18.0 Å². The minimum absolute atomic E-state index is 0.0421. The molecule has 130 valence electrons. The molecule has 0 saturated heterocycles. The highest BCUT2D eigenvalue weighted by molar-refractivity contribution is 5.84. The number of carbonyl (C=O) groups excluding carboxylic acids is 1. The van der Waals surface area contributed by atoms with Crippen molar-refractivity contribution in [3.05, 3.63) is 42.0 Å². The zero-order valence-corrected chi connectivity index (χ0v) is 12.9. The summed E-state index contributed by atoms with van der Waals surface area (Å²) in [5, 5.41) is 3.96. The number of halogens is 3. The highest BCUT2D eigenvalue weighted by Crippen LogP contribution is 2.23. The monoisotopic (exact) mass is 344 g/mol. The van der Waals surface area contributed by atoms with Crippen molar-refractivity contribution in [3.8, 4) is 5.75 Å². The van der Waals surface area contributed by atoms with Crippen molar-refractivity contribution in [1.82, 2.24) is 19.7 Å². The number of hydrogen-bond acceptors (Lipinski definition) is 6. The summed E-state index contributed by atoms with van der Waals surface area (Å²) >= 11 is 0. The Morgan fingerprint density at radius 1 is 1.29 bits per heavy atom. The van der Waals surface area contributed by atoms with E-state index in [9.17, 15) is 18.0 Å². The van der Waals surface area contributed by atoms with Gasteiger partial charge in [-0.05, 0) is 24.7 Å². The minimum Gasteiger partial charge on any atom is -0.463 e. The van der Waals surface area contributed by atoms with Crippen LogP contribution in [0.3, 0.4) is 0 Å². The molecule has 0 bridgehead atoms. The molecule has 0 unspecified atom stereocenters. The minimum atomic E-state index is -4.71. The molecule has 0 saturated carbocycles. The molecule has 2 aromatic rings. The van der Waals surface area contributed by atoms with Crippen molar-refractivity contribution in [1.29, 1.82) is 0 Å². The van der Waals surface area contributed by atoms with Gasteiger partial charge in [-0.25, -0.2) is 14.5 Å². The zero-order valence-electron chi connectivity index (χ0n) is 12.9. The first-order valence-electron chi connectivity index (χ1n) is 6.78. The van der Waals surface area contributed by atoms with E-state index in [2.05, 4.69) is 19.6 Å². The van der Waals surface area contributed by atoms with E-state index in [-0.39, 0.29) is 11.6 Å². The predicted molar refractivity (Wildman–Crippen MR) is 76.0 cm³/mol. The second-order valence-corrected chi connectivity index (χ2v) is 4.95. The molecule has 2 rings (SSSR count). The SMILES string of the molecule is COC(=O)c1ncn(CN(C)Cc2ccc(OC(F)(F)F)cc2)n1. The Kier molecular flexibility index (Phi) is 5.39. The summed E-state index contributed by atoms with van der Waals surface area (Å²) in [6.45, 7) is 0.796. The van der Waals surface area contributed by atoms with E-state index in [0.717, 1.165) is 5.56 Å². The summed E-state index contributed by atoms with van der Waals surface area (Å²) in [5.74, 6) is -0.941. The van der Waals surface area contributed by atoms with Gasteiger partial charge in [0, 0.05) is 6.54 Å². The lowest BCUT2D eigenvalue weighted by atomic mass is 10.2. The highest BCUT2D eigenvalue weighted by Gasteiger charge is 2.30. The zero-order chi connectivity index (χ0) is 17.7. The fourth-order valence-electron chi connectivity index (χ4n) is 1.95. The van der Waals surface area contributed by atoms with Gasteiger partial charge in [-0.2, -0.15) is 0 Å². The standard InChI is InChI=1S/C14H15F3N4O3/c1-20(9-21-8-18-12(19-21)13(22)23-2)7-10-3-5-11(6-4-10)24-14(15,16)17/h3-6,8H,7,9H2,1-2H3. The quantitative estimate of drug-likeness (QED) is 0.747. The maximum Gasteiger partial charge on any atom is 0.573 e. The lowest BCUT2D eigenvalue weighted by molar-refractivity contribution is -0.274. The van der Waals surface area contributed by atoms with E-state index < -0.39 is 12.3 Å².